The number of hydrogen-bond donors (Lipinski definition) is 1. The Hall–Kier alpha value is -2.02. The molecule has 0 unspecified atom stereocenters. The maximum Gasteiger partial charge on any atom is 0.273 e. The Bertz CT molecular complexity index is 634. The molecule has 0 aliphatic carbocycles. The molecule has 1 spiro atoms. The zero-order valence-corrected chi connectivity index (χ0v) is 14.4. The van der Waals surface area contributed by atoms with Crippen molar-refractivity contribution in [2.75, 3.05) is 13.6 Å². The second-order valence-corrected chi connectivity index (χ2v) is 7.18. The third-order valence-corrected chi connectivity index (χ3v) is 5.02. The lowest BCUT2D eigenvalue weighted by Gasteiger charge is -2.38. The summed E-state index contributed by atoms with van der Waals surface area (Å²) in [7, 11) is 1.62. The fourth-order valence-corrected chi connectivity index (χ4v) is 4.17. The van der Waals surface area contributed by atoms with Crippen LogP contribution < -0.4 is 5.32 Å². The number of ether oxygens (including phenoxy) is 1. The molecule has 2 amide bonds. The monoisotopic (exact) mass is 332 g/mol. The fraction of sp³-hybridized carbons (Fsp3) is 0.647. The van der Waals surface area contributed by atoms with Crippen LogP contribution in [0.1, 0.15) is 50.0 Å². The van der Waals surface area contributed by atoms with Crippen molar-refractivity contribution in [3.8, 4) is 0 Å². The smallest absolute Gasteiger partial charge is 0.273 e. The molecule has 0 bridgehead atoms. The standard InChI is InChI=1S/C17H24N4O3/c1-16(2)10-17(13(24-16)9-14(22)18-3)6-4-8-21(17)15(23)12-5-7-19-11-20-12/h5,7,11,13H,4,6,8-10H2,1-3H3,(H,18,22)/t13-,17+/m0/s1. The number of carbonyl (C=O) groups excluding carboxylic acids is 2. The van der Waals surface area contributed by atoms with Gasteiger partial charge in [0.15, 0.2) is 0 Å². The summed E-state index contributed by atoms with van der Waals surface area (Å²) in [6, 6.07) is 1.63. The van der Waals surface area contributed by atoms with Crippen LogP contribution in [0.4, 0.5) is 0 Å². The second-order valence-electron chi connectivity index (χ2n) is 7.18. The number of aromatic nitrogens is 2. The minimum absolute atomic E-state index is 0.0709. The lowest BCUT2D eigenvalue weighted by molar-refractivity contribution is -0.126. The SMILES string of the molecule is CNC(=O)C[C@@H]1OC(C)(C)C[C@]12CCCN2C(=O)c1ccncn1. The first-order valence-electron chi connectivity index (χ1n) is 8.34. The normalized spacial score (nSPS) is 28.3. The van der Waals surface area contributed by atoms with Gasteiger partial charge in [-0.05, 0) is 32.8 Å². The van der Waals surface area contributed by atoms with Gasteiger partial charge in [-0.25, -0.2) is 9.97 Å². The average molecular weight is 332 g/mol. The zero-order valence-electron chi connectivity index (χ0n) is 14.4. The summed E-state index contributed by atoms with van der Waals surface area (Å²) >= 11 is 0. The van der Waals surface area contributed by atoms with E-state index in [4.69, 9.17) is 4.74 Å². The number of hydrogen-bond acceptors (Lipinski definition) is 5. The van der Waals surface area contributed by atoms with Gasteiger partial charge in [0, 0.05) is 26.2 Å². The Morgan fingerprint density at radius 2 is 2.25 bits per heavy atom. The molecule has 2 atom stereocenters. The van der Waals surface area contributed by atoms with E-state index in [-0.39, 0.29) is 29.9 Å². The van der Waals surface area contributed by atoms with E-state index in [9.17, 15) is 9.59 Å². The van der Waals surface area contributed by atoms with Crippen molar-refractivity contribution in [1.29, 1.82) is 0 Å². The number of amides is 2. The van der Waals surface area contributed by atoms with Gasteiger partial charge in [0.25, 0.3) is 5.91 Å². The Morgan fingerprint density at radius 1 is 1.46 bits per heavy atom. The van der Waals surface area contributed by atoms with Gasteiger partial charge in [-0.2, -0.15) is 0 Å². The van der Waals surface area contributed by atoms with E-state index in [2.05, 4.69) is 15.3 Å². The van der Waals surface area contributed by atoms with Crippen LogP contribution >= 0.6 is 0 Å². The predicted octanol–water partition coefficient (Wildman–Crippen LogP) is 1.15. The van der Waals surface area contributed by atoms with Gasteiger partial charge in [-0.1, -0.05) is 0 Å². The number of carbonyl (C=O) groups is 2. The molecule has 1 aromatic heterocycles. The highest BCUT2D eigenvalue weighted by molar-refractivity contribution is 5.93. The van der Waals surface area contributed by atoms with Crippen LogP contribution in [0.3, 0.4) is 0 Å². The van der Waals surface area contributed by atoms with Gasteiger partial charge in [0.2, 0.25) is 5.91 Å². The van der Waals surface area contributed by atoms with Crippen LogP contribution in [0.5, 0.6) is 0 Å². The first-order chi connectivity index (χ1) is 11.4. The van der Waals surface area contributed by atoms with E-state index in [1.165, 1.54) is 6.33 Å². The fourth-order valence-electron chi connectivity index (χ4n) is 4.17. The molecule has 7 heteroatoms. The van der Waals surface area contributed by atoms with Crippen LogP contribution in [0.15, 0.2) is 18.6 Å². The van der Waals surface area contributed by atoms with Crippen LogP contribution in [0.2, 0.25) is 0 Å². The van der Waals surface area contributed by atoms with E-state index in [1.54, 1.807) is 19.3 Å². The van der Waals surface area contributed by atoms with E-state index >= 15 is 0 Å². The lowest BCUT2D eigenvalue weighted by Crippen LogP contribution is -2.54. The first-order valence-corrected chi connectivity index (χ1v) is 8.34. The average Bonchev–Trinajstić information content (AvgIpc) is 3.08. The van der Waals surface area contributed by atoms with Crippen LogP contribution in [0.25, 0.3) is 0 Å². The third-order valence-electron chi connectivity index (χ3n) is 5.02. The molecule has 24 heavy (non-hydrogen) atoms. The molecule has 3 heterocycles. The minimum Gasteiger partial charge on any atom is -0.369 e. The highest BCUT2D eigenvalue weighted by Crippen LogP contribution is 2.49. The largest absolute Gasteiger partial charge is 0.369 e. The van der Waals surface area contributed by atoms with Crippen LogP contribution in [-0.4, -0.2) is 57.5 Å². The summed E-state index contributed by atoms with van der Waals surface area (Å²) in [5.41, 5.74) is -0.430. The van der Waals surface area contributed by atoms with E-state index < -0.39 is 5.54 Å². The number of nitrogens with one attached hydrogen (secondary N) is 1. The van der Waals surface area contributed by atoms with Crippen molar-refractivity contribution in [2.24, 2.45) is 0 Å². The third kappa shape index (κ3) is 2.88. The van der Waals surface area contributed by atoms with E-state index in [0.717, 1.165) is 19.3 Å². The summed E-state index contributed by atoms with van der Waals surface area (Å²) in [6.07, 6.45) is 5.37. The van der Waals surface area contributed by atoms with Gasteiger partial charge < -0.3 is 15.0 Å². The van der Waals surface area contributed by atoms with Crippen LogP contribution in [0, 0.1) is 0 Å². The zero-order chi connectivity index (χ0) is 17.4. The van der Waals surface area contributed by atoms with Crippen molar-refractivity contribution < 1.29 is 14.3 Å². The van der Waals surface area contributed by atoms with E-state index in [1.807, 2.05) is 18.7 Å². The van der Waals surface area contributed by atoms with Gasteiger partial charge in [-0.3, -0.25) is 9.59 Å². The summed E-state index contributed by atoms with van der Waals surface area (Å²) < 4.78 is 6.19. The maximum absolute atomic E-state index is 13.0. The van der Waals surface area contributed by atoms with Gasteiger partial charge >= 0.3 is 0 Å². The van der Waals surface area contributed by atoms with Gasteiger partial charge in [-0.15, -0.1) is 0 Å². The number of nitrogens with zero attached hydrogens (tertiary/aromatic N) is 3. The van der Waals surface area contributed by atoms with Gasteiger partial charge in [0.1, 0.15) is 12.0 Å². The topological polar surface area (TPSA) is 84.4 Å². The summed E-state index contributed by atoms with van der Waals surface area (Å²) in [6.45, 7) is 4.70. The van der Waals surface area contributed by atoms with Crippen LogP contribution in [-0.2, 0) is 9.53 Å². The highest BCUT2D eigenvalue weighted by atomic mass is 16.5. The van der Waals surface area contributed by atoms with Crippen molar-refractivity contribution in [3.05, 3.63) is 24.3 Å². The molecule has 1 aromatic rings. The van der Waals surface area contributed by atoms with Crippen molar-refractivity contribution >= 4 is 11.8 Å². The molecular formula is C17H24N4O3. The molecule has 3 rings (SSSR count). The minimum atomic E-state index is -0.446. The molecule has 130 valence electrons. The first kappa shape index (κ1) is 16.8. The molecule has 0 saturated carbocycles. The molecule has 0 radical (unpaired) electrons. The molecule has 2 fully saturated rings. The summed E-state index contributed by atoms with van der Waals surface area (Å²) in [4.78, 5) is 34.8. The van der Waals surface area contributed by atoms with Gasteiger partial charge in [0.05, 0.1) is 23.7 Å². The number of likely N-dealkylation sites (tertiary alicyclic amines) is 1. The summed E-state index contributed by atoms with van der Waals surface area (Å²) in [5.74, 6) is -0.184. The van der Waals surface area contributed by atoms with E-state index in [0.29, 0.717) is 12.2 Å². The van der Waals surface area contributed by atoms with Crippen molar-refractivity contribution in [2.45, 2.75) is 56.8 Å². The quantitative estimate of drug-likeness (QED) is 0.898. The molecule has 0 aromatic carbocycles. The Labute approximate surface area is 141 Å². The lowest BCUT2D eigenvalue weighted by atomic mass is 9.82. The Balaban J connectivity index is 1.93. The number of rotatable bonds is 3. The van der Waals surface area contributed by atoms with Crippen molar-refractivity contribution in [1.82, 2.24) is 20.2 Å². The molecule has 2 saturated heterocycles. The Morgan fingerprint density at radius 3 is 2.92 bits per heavy atom. The molecule has 2 aliphatic heterocycles. The summed E-state index contributed by atoms with van der Waals surface area (Å²) in [5, 5.41) is 2.66. The predicted molar refractivity (Wildman–Crippen MR) is 87.3 cm³/mol. The van der Waals surface area contributed by atoms with Crippen molar-refractivity contribution in [3.63, 3.8) is 0 Å². The molecular weight excluding hydrogens is 308 g/mol. The molecule has 1 N–H and O–H groups in total. The maximum atomic E-state index is 13.0. The highest BCUT2D eigenvalue weighted by Gasteiger charge is 2.58. The molecule has 2 aliphatic rings. The molecule has 7 nitrogen and oxygen atoms in total. The Kier molecular flexibility index (Phi) is 4.29. The second kappa shape index (κ2) is 6.12.